The number of nitrogens with two attached hydrogens (primary N) is 1. The predicted molar refractivity (Wildman–Crippen MR) is 92.3 cm³/mol. The number of nitrogens with zero attached hydrogens (tertiary/aromatic N) is 3. The number of hydrogen-bond donors (Lipinski definition) is 2. The molecule has 2 aromatic heterocycles. The van der Waals surface area contributed by atoms with Crippen molar-refractivity contribution in [3.8, 4) is 11.3 Å². The molecule has 7 nitrogen and oxygen atoms in total. The van der Waals surface area contributed by atoms with Gasteiger partial charge in [0, 0.05) is 35.6 Å². The van der Waals surface area contributed by atoms with Crippen molar-refractivity contribution in [3.63, 3.8) is 0 Å². The molecule has 0 saturated carbocycles. The molecular formula is C18H18N4O3. The molecule has 3 N–H and O–H groups in total. The molecular weight excluding hydrogens is 320 g/mol. The van der Waals surface area contributed by atoms with Crippen LogP contribution in [0.2, 0.25) is 0 Å². The van der Waals surface area contributed by atoms with E-state index in [1.807, 2.05) is 24.4 Å². The Morgan fingerprint density at radius 2 is 2.12 bits per heavy atom. The molecule has 128 valence electrons. The van der Waals surface area contributed by atoms with Gasteiger partial charge in [-0.2, -0.15) is 0 Å². The van der Waals surface area contributed by atoms with Crippen molar-refractivity contribution in [2.24, 2.45) is 5.73 Å². The van der Waals surface area contributed by atoms with Gasteiger partial charge in [0.15, 0.2) is 0 Å². The molecule has 3 heterocycles. The lowest BCUT2D eigenvalue weighted by Crippen LogP contribution is -2.11. The van der Waals surface area contributed by atoms with Crippen LogP contribution in [-0.4, -0.2) is 31.1 Å². The Labute approximate surface area is 143 Å². The first-order valence-electron chi connectivity index (χ1n) is 8.24. The van der Waals surface area contributed by atoms with Gasteiger partial charge in [0.2, 0.25) is 0 Å². The largest absolute Gasteiger partial charge is 0.480 e. The fourth-order valence-electron chi connectivity index (χ4n) is 3.58. The van der Waals surface area contributed by atoms with E-state index in [4.69, 9.17) is 10.8 Å². The Morgan fingerprint density at radius 1 is 1.28 bits per heavy atom. The topological polar surface area (TPSA) is 103 Å². The number of aromatic nitrogens is 3. The summed E-state index contributed by atoms with van der Waals surface area (Å²) in [6, 6.07) is 5.67. The average Bonchev–Trinajstić information content (AvgIpc) is 3.16. The molecule has 1 aliphatic rings. The van der Waals surface area contributed by atoms with E-state index in [0.717, 1.165) is 42.9 Å². The van der Waals surface area contributed by atoms with Crippen LogP contribution in [0.5, 0.6) is 0 Å². The smallest absolute Gasteiger partial charge is 0.323 e. The number of aliphatic carboxylic acids is 1. The number of fused-ring (bicyclic) bond motifs is 2. The Morgan fingerprint density at radius 3 is 2.88 bits per heavy atom. The number of aryl methyl sites for hydroxylation is 1. The Bertz CT molecular complexity index is 999. The summed E-state index contributed by atoms with van der Waals surface area (Å²) in [7, 11) is 0. The van der Waals surface area contributed by atoms with E-state index in [2.05, 4.69) is 9.55 Å². The van der Waals surface area contributed by atoms with Crippen LogP contribution in [0.4, 0.5) is 0 Å². The first-order valence-corrected chi connectivity index (χ1v) is 8.24. The highest BCUT2D eigenvalue weighted by Crippen LogP contribution is 2.30. The molecule has 0 aliphatic carbocycles. The van der Waals surface area contributed by atoms with Gasteiger partial charge in [-0.05, 0) is 25.0 Å². The molecule has 0 spiro atoms. The molecule has 0 fully saturated rings. The van der Waals surface area contributed by atoms with E-state index < -0.39 is 11.9 Å². The number of amides is 1. The molecule has 3 aromatic rings. The average molecular weight is 338 g/mol. The second-order valence-corrected chi connectivity index (χ2v) is 6.33. The van der Waals surface area contributed by atoms with Crippen LogP contribution in [0.25, 0.3) is 22.2 Å². The summed E-state index contributed by atoms with van der Waals surface area (Å²) < 4.78 is 3.75. The van der Waals surface area contributed by atoms with Crippen molar-refractivity contribution in [1.29, 1.82) is 0 Å². The molecule has 0 bridgehead atoms. The van der Waals surface area contributed by atoms with Gasteiger partial charge < -0.3 is 20.0 Å². The normalized spacial score (nSPS) is 13.8. The summed E-state index contributed by atoms with van der Waals surface area (Å²) in [6.45, 7) is 0.719. The van der Waals surface area contributed by atoms with Crippen molar-refractivity contribution in [1.82, 2.24) is 14.1 Å². The lowest BCUT2D eigenvalue weighted by molar-refractivity contribution is -0.137. The van der Waals surface area contributed by atoms with Crippen LogP contribution in [0.1, 0.15) is 29.0 Å². The summed E-state index contributed by atoms with van der Waals surface area (Å²) in [5.41, 5.74) is 8.46. The number of carbonyl (C=O) groups excluding carboxylic acids is 1. The van der Waals surface area contributed by atoms with Crippen molar-refractivity contribution >= 4 is 22.8 Å². The number of carboxylic acid groups (broad SMARTS) is 1. The van der Waals surface area contributed by atoms with Gasteiger partial charge in [-0.25, -0.2) is 4.98 Å². The number of carbonyl (C=O) groups is 2. The van der Waals surface area contributed by atoms with E-state index >= 15 is 0 Å². The molecule has 1 aromatic carbocycles. The molecule has 4 rings (SSSR count). The van der Waals surface area contributed by atoms with Gasteiger partial charge >= 0.3 is 5.97 Å². The lowest BCUT2D eigenvalue weighted by Gasteiger charge is -2.16. The molecule has 0 radical (unpaired) electrons. The van der Waals surface area contributed by atoms with Crippen molar-refractivity contribution in [3.05, 3.63) is 42.0 Å². The molecule has 25 heavy (non-hydrogen) atoms. The van der Waals surface area contributed by atoms with Crippen LogP contribution in [0, 0.1) is 0 Å². The third-order valence-corrected chi connectivity index (χ3v) is 4.72. The standard InChI is InChI=1S/C18H18N4O3/c19-18(25)13-9-21(10-17(23)24)14-5-4-11(7-12(13)14)15-8-20-16-3-1-2-6-22(15)16/h4-5,7-9H,1-3,6,10H2,(H2,19,25)(H,23,24). The predicted octanol–water partition coefficient (Wildman–Crippen LogP) is 2.02. The number of primary amides is 1. The van der Waals surface area contributed by atoms with Gasteiger partial charge in [0.05, 0.1) is 17.5 Å². The zero-order valence-corrected chi connectivity index (χ0v) is 13.6. The first kappa shape index (κ1) is 15.4. The summed E-state index contributed by atoms with van der Waals surface area (Å²) in [4.78, 5) is 27.3. The number of rotatable bonds is 4. The minimum Gasteiger partial charge on any atom is -0.480 e. The molecule has 1 amide bonds. The zero-order valence-electron chi connectivity index (χ0n) is 13.6. The maximum absolute atomic E-state index is 11.8. The van der Waals surface area contributed by atoms with Gasteiger partial charge in [-0.15, -0.1) is 0 Å². The quantitative estimate of drug-likeness (QED) is 0.759. The summed E-state index contributed by atoms with van der Waals surface area (Å²) in [5, 5.41) is 9.73. The monoisotopic (exact) mass is 338 g/mol. The first-order chi connectivity index (χ1) is 12.0. The van der Waals surface area contributed by atoms with Crippen molar-refractivity contribution < 1.29 is 14.7 Å². The number of imidazole rings is 1. The second-order valence-electron chi connectivity index (χ2n) is 6.33. The van der Waals surface area contributed by atoms with Gasteiger partial charge in [-0.1, -0.05) is 6.07 Å². The molecule has 0 unspecified atom stereocenters. The van der Waals surface area contributed by atoms with Crippen LogP contribution in [-0.2, 0) is 24.3 Å². The summed E-state index contributed by atoms with van der Waals surface area (Å²) in [6.07, 6.45) is 6.63. The van der Waals surface area contributed by atoms with Crippen LogP contribution < -0.4 is 5.73 Å². The highest BCUT2D eigenvalue weighted by Gasteiger charge is 2.18. The fourth-order valence-corrected chi connectivity index (χ4v) is 3.58. The SMILES string of the molecule is NC(=O)c1cn(CC(=O)O)c2ccc(-c3cnc4n3CCCC4)cc12. The minimum absolute atomic E-state index is 0.217. The minimum atomic E-state index is -0.971. The van der Waals surface area contributed by atoms with Crippen LogP contribution in [0.3, 0.4) is 0 Å². The fraction of sp³-hybridized carbons (Fsp3) is 0.278. The Balaban J connectivity index is 1.87. The highest BCUT2D eigenvalue weighted by molar-refractivity contribution is 6.07. The van der Waals surface area contributed by atoms with Crippen LogP contribution in [0.15, 0.2) is 30.6 Å². The maximum atomic E-state index is 11.8. The van der Waals surface area contributed by atoms with E-state index in [1.54, 1.807) is 0 Å². The third kappa shape index (κ3) is 2.57. The van der Waals surface area contributed by atoms with E-state index in [1.165, 1.54) is 10.8 Å². The molecule has 1 aliphatic heterocycles. The van der Waals surface area contributed by atoms with E-state index in [9.17, 15) is 9.59 Å². The van der Waals surface area contributed by atoms with Gasteiger partial charge in [-0.3, -0.25) is 9.59 Å². The van der Waals surface area contributed by atoms with Crippen molar-refractivity contribution in [2.45, 2.75) is 32.4 Å². The molecule has 0 saturated heterocycles. The third-order valence-electron chi connectivity index (χ3n) is 4.72. The summed E-state index contributed by atoms with van der Waals surface area (Å²) in [5.74, 6) is -0.455. The lowest BCUT2D eigenvalue weighted by atomic mass is 10.1. The molecule has 7 heteroatoms. The van der Waals surface area contributed by atoms with E-state index in [0.29, 0.717) is 16.5 Å². The molecule has 0 atom stereocenters. The van der Waals surface area contributed by atoms with Crippen molar-refractivity contribution in [2.75, 3.05) is 0 Å². The number of benzene rings is 1. The maximum Gasteiger partial charge on any atom is 0.323 e. The van der Waals surface area contributed by atoms with E-state index in [-0.39, 0.29) is 6.54 Å². The Hall–Kier alpha value is -3.09. The second kappa shape index (κ2) is 5.77. The highest BCUT2D eigenvalue weighted by atomic mass is 16.4. The zero-order chi connectivity index (χ0) is 17.6. The van der Waals surface area contributed by atoms with Gasteiger partial charge in [0.1, 0.15) is 12.4 Å². The Kier molecular flexibility index (Phi) is 3.56. The summed E-state index contributed by atoms with van der Waals surface area (Å²) >= 11 is 0. The number of hydrogen-bond acceptors (Lipinski definition) is 3. The van der Waals surface area contributed by atoms with Crippen LogP contribution >= 0.6 is 0 Å². The number of carboxylic acids is 1. The van der Waals surface area contributed by atoms with Gasteiger partial charge in [0.25, 0.3) is 5.91 Å².